The second-order valence-electron chi connectivity index (χ2n) is 7.57. The molecule has 0 aliphatic rings. The number of anilines is 5. The van der Waals surface area contributed by atoms with Crippen molar-refractivity contribution in [3.05, 3.63) is 85.5 Å². The summed E-state index contributed by atoms with van der Waals surface area (Å²) in [6, 6.07) is 13.9. The van der Waals surface area contributed by atoms with E-state index in [1.807, 2.05) is 18.4 Å². The molecule has 38 heavy (non-hydrogen) atoms. The van der Waals surface area contributed by atoms with Gasteiger partial charge in [0.05, 0.1) is 4.90 Å². The van der Waals surface area contributed by atoms with Crippen LogP contribution in [0.15, 0.2) is 84.7 Å². The van der Waals surface area contributed by atoms with Crippen molar-refractivity contribution in [1.29, 1.82) is 0 Å². The van der Waals surface area contributed by atoms with E-state index < -0.39 is 0 Å². The highest BCUT2D eigenvalue weighted by molar-refractivity contribution is 7.98. The van der Waals surface area contributed by atoms with E-state index in [0.717, 1.165) is 10.6 Å². The third-order valence-electron chi connectivity index (χ3n) is 4.97. The third kappa shape index (κ3) is 6.83. The summed E-state index contributed by atoms with van der Waals surface area (Å²) in [5.41, 5.74) is 1.71. The van der Waals surface area contributed by atoms with Crippen molar-refractivity contribution in [3.8, 4) is 11.5 Å². The maximum atomic E-state index is 11.8. The molecule has 0 aliphatic carbocycles. The van der Waals surface area contributed by atoms with Crippen molar-refractivity contribution in [1.82, 2.24) is 25.3 Å². The van der Waals surface area contributed by atoms with Crippen LogP contribution in [0.4, 0.5) is 29.0 Å². The first-order valence-electron chi connectivity index (χ1n) is 11.3. The average Bonchev–Trinajstić information content (AvgIpc) is 2.94. The summed E-state index contributed by atoms with van der Waals surface area (Å²) in [4.78, 5) is 41.4. The zero-order valence-electron chi connectivity index (χ0n) is 20.6. The van der Waals surface area contributed by atoms with Gasteiger partial charge in [-0.1, -0.05) is 6.58 Å². The SMILES string of the molecule is C=CC(=O)Nc1cc(Nc2nc(Nc3ccc(Oc4ccnc(C(=O)NC)c4)cc3)ncc2SC)ccn1. The van der Waals surface area contributed by atoms with Crippen LogP contribution in [0.5, 0.6) is 11.5 Å². The number of hydrogen-bond acceptors (Lipinski definition) is 10. The molecule has 0 unspecified atom stereocenters. The maximum absolute atomic E-state index is 11.8. The summed E-state index contributed by atoms with van der Waals surface area (Å²) in [7, 11) is 1.54. The fourth-order valence-corrected chi connectivity index (χ4v) is 3.61. The van der Waals surface area contributed by atoms with E-state index in [1.54, 1.807) is 55.8 Å². The molecule has 0 aliphatic heterocycles. The molecule has 2 amide bonds. The van der Waals surface area contributed by atoms with Gasteiger partial charge >= 0.3 is 0 Å². The Bertz CT molecular complexity index is 1460. The van der Waals surface area contributed by atoms with Crippen LogP contribution in [-0.2, 0) is 4.79 Å². The molecule has 192 valence electrons. The van der Waals surface area contributed by atoms with Gasteiger partial charge < -0.3 is 26.0 Å². The van der Waals surface area contributed by atoms with E-state index in [0.29, 0.717) is 34.8 Å². The number of benzene rings is 1. The van der Waals surface area contributed by atoms with Gasteiger partial charge in [0.1, 0.15) is 28.8 Å². The Morgan fingerprint density at radius 2 is 1.74 bits per heavy atom. The number of nitrogens with zero attached hydrogens (tertiary/aromatic N) is 4. The number of amides is 2. The van der Waals surface area contributed by atoms with E-state index in [9.17, 15) is 9.59 Å². The molecular weight excluding hydrogens is 504 g/mol. The fourth-order valence-electron chi connectivity index (χ4n) is 3.16. The number of rotatable bonds is 10. The lowest BCUT2D eigenvalue weighted by molar-refractivity contribution is -0.111. The molecule has 0 atom stereocenters. The van der Waals surface area contributed by atoms with Crippen LogP contribution in [0, 0.1) is 0 Å². The molecule has 0 bridgehead atoms. The topological polar surface area (TPSA) is 143 Å². The number of nitrogens with one attached hydrogen (secondary N) is 4. The lowest BCUT2D eigenvalue weighted by Crippen LogP contribution is -2.18. The minimum absolute atomic E-state index is 0.267. The van der Waals surface area contributed by atoms with Crippen LogP contribution < -0.4 is 26.0 Å². The number of carbonyl (C=O) groups is 2. The Labute approximate surface area is 223 Å². The molecule has 0 saturated heterocycles. The quantitative estimate of drug-likeness (QED) is 0.168. The lowest BCUT2D eigenvalue weighted by atomic mass is 10.3. The fraction of sp³-hybridized carbons (Fsp3) is 0.0769. The van der Waals surface area contributed by atoms with Crippen molar-refractivity contribution >= 4 is 52.5 Å². The van der Waals surface area contributed by atoms with E-state index in [4.69, 9.17) is 4.74 Å². The van der Waals surface area contributed by atoms with Crippen molar-refractivity contribution < 1.29 is 14.3 Å². The second-order valence-corrected chi connectivity index (χ2v) is 8.41. The highest BCUT2D eigenvalue weighted by Gasteiger charge is 2.10. The largest absolute Gasteiger partial charge is 0.457 e. The first-order chi connectivity index (χ1) is 18.5. The molecule has 1 aromatic carbocycles. The van der Waals surface area contributed by atoms with Crippen molar-refractivity contribution in [2.45, 2.75) is 4.90 Å². The van der Waals surface area contributed by atoms with Gasteiger partial charge in [0.15, 0.2) is 0 Å². The number of carbonyl (C=O) groups excluding carboxylic acids is 2. The van der Waals surface area contributed by atoms with Gasteiger partial charge in [0.25, 0.3) is 5.91 Å². The molecule has 11 nitrogen and oxygen atoms in total. The molecule has 0 spiro atoms. The predicted molar refractivity (Wildman–Crippen MR) is 148 cm³/mol. The second kappa shape index (κ2) is 12.3. The van der Waals surface area contributed by atoms with Crippen LogP contribution in [-0.4, -0.2) is 45.1 Å². The molecule has 0 fully saturated rings. The zero-order chi connectivity index (χ0) is 26.9. The smallest absolute Gasteiger partial charge is 0.269 e. The molecule has 0 radical (unpaired) electrons. The van der Waals surface area contributed by atoms with Gasteiger partial charge in [-0.25, -0.2) is 9.97 Å². The summed E-state index contributed by atoms with van der Waals surface area (Å²) in [6.45, 7) is 3.44. The molecule has 4 rings (SSSR count). The average molecular weight is 529 g/mol. The highest BCUT2D eigenvalue weighted by Crippen LogP contribution is 2.29. The Kier molecular flexibility index (Phi) is 8.46. The zero-order valence-corrected chi connectivity index (χ0v) is 21.4. The minimum Gasteiger partial charge on any atom is -0.457 e. The molecular formula is C26H24N8O3S. The normalized spacial score (nSPS) is 10.3. The van der Waals surface area contributed by atoms with Crippen molar-refractivity contribution in [3.63, 3.8) is 0 Å². The summed E-state index contributed by atoms with van der Waals surface area (Å²) in [5, 5.41) is 11.6. The van der Waals surface area contributed by atoms with Crippen LogP contribution >= 0.6 is 11.8 Å². The minimum atomic E-state index is -0.348. The maximum Gasteiger partial charge on any atom is 0.269 e. The summed E-state index contributed by atoms with van der Waals surface area (Å²) in [5.74, 6) is 1.80. The standard InChI is InChI=1S/C26H24N8O3S/c1-4-23(35)33-22-13-17(9-11-29-22)31-24-21(38-3)15-30-26(34-24)32-16-5-7-18(8-6-16)37-19-10-12-28-20(14-19)25(36)27-2/h4-15H,1H2,2-3H3,(H,27,36)(H3,29,30,31,32,33,34,35). The van der Waals surface area contributed by atoms with E-state index in [1.165, 1.54) is 24.0 Å². The number of ether oxygens (including phenoxy) is 1. The predicted octanol–water partition coefficient (Wildman–Crippen LogP) is 4.75. The number of pyridine rings is 2. The molecule has 12 heteroatoms. The summed E-state index contributed by atoms with van der Waals surface area (Å²) >= 11 is 1.50. The third-order valence-corrected chi connectivity index (χ3v) is 5.71. The number of aromatic nitrogens is 4. The van der Waals surface area contributed by atoms with Crippen LogP contribution in [0.3, 0.4) is 0 Å². The first kappa shape index (κ1) is 26.1. The van der Waals surface area contributed by atoms with E-state index >= 15 is 0 Å². The van der Waals surface area contributed by atoms with Gasteiger partial charge in [-0.05, 0) is 48.7 Å². The number of hydrogen-bond donors (Lipinski definition) is 4. The molecule has 4 N–H and O–H groups in total. The molecule has 4 aromatic rings. The molecule has 3 aromatic heterocycles. The Balaban J connectivity index is 1.46. The summed E-state index contributed by atoms with van der Waals surface area (Å²) < 4.78 is 5.85. The Hall–Kier alpha value is -4.97. The molecule has 0 saturated carbocycles. The highest BCUT2D eigenvalue weighted by atomic mass is 32.2. The van der Waals surface area contributed by atoms with Crippen molar-refractivity contribution in [2.24, 2.45) is 0 Å². The molecule has 3 heterocycles. The summed E-state index contributed by atoms with van der Waals surface area (Å²) in [6.07, 6.45) is 7.92. The van der Waals surface area contributed by atoms with Gasteiger partial charge in [-0.15, -0.1) is 11.8 Å². The van der Waals surface area contributed by atoms with Gasteiger partial charge in [-0.3, -0.25) is 14.6 Å². The number of thioether (sulfide) groups is 1. The van der Waals surface area contributed by atoms with Gasteiger partial charge in [-0.2, -0.15) is 4.98 Å². The van der Waals surface area contributed by atoms with Crippen LogP contribution in [0.25, 0.3) is 0 Å². The first-order valence-corrected chi connectivity index (χ1v) is 12.5. The van der Waals surface area contributed by atoms with Crippen molar-refractivity contribution in [2.75, 3.05) is 29.3 Å². The van der Waals surface area contributed by atoms with E-state index in [2.05, 4.69) is 47.8 Å². The monoisotopic (exact) mass is 528 g/mol. The Morgan fingerprint density at radius 1 is 0.947 bits per heavy atom. The van der Waals surface area contributed by atoms with Crippen LogP contribution in [0.2, 0.25) is 0 Å². The Morgan fingerprint density at radius 3 is 2.47 bits per heavy atom. The van der Waals surface area contributed by atoms with Gasteiger partial charge in [0, 0.05) is 49.1 Å². The van der Waals surface area contributed by atoms with E-state index in [-0.39, 0.29) is 17.5 Å². The lowest BCUT2D eigenvalue weighted by Gasteiger charge is -2.13. The van der Waals surface area contributed by atoms with Gasteiger partial charge in [0.2, 0.25) is 11.9 Å². The van der Waals surface area contributed by atoms with Crippen LogP contribution in [0.1, 0.15) is 10.5 Å².